The fraction of sp³-hybridized carbons (Fsp3) is 0.273. The van der Waals surface area contributed by atoms with Gasteiger partial charge in [-0.25, -0.2) is 16.8 Å². The highest BCUT2D eigenvalue weighted by molar-refractivity contribution is 7.92. The number of rotatable bonds is 8. The van der Waals surface area contributed by atoms with Gasteiger partial charge in [0.2, 0.25) is 10.0 Å². The number of hydrogen-bond donors (Lipinski definition) is 2. The molecule has 0 heterocycles. The molecular weight excluding hydrogens is 519 g/mol. The van der Waals surface area contributed by atoms with Gasteiger partial charge in [-0.3, -0.25) is 4.72 Å². The lowest BCUT2D eigenvalue weighted by atomic mass is 10.1. The summed E-state index contributed by atoms with van der Waals surface area (Å²) in [5, 5.41) is 11.2. The summed E-state index contributed by atoms with van der Waals surface area (Å²) in [5.41, 5.74) is -0.000156. The molecule has 0 fully saturated rings. The number of anilines is 1. The van der Waals surface area contributed by atoms with Crippen molar-refractivity contribution in [2.24, 2.45) is 0 Å². The average Bonchev–Trinajstić information content (AvgIpc) is 2.72. The monoisotopic (exact) mass is 544 g/mol. The van der Waals surface area contributed by atoms with Gasteiger partial charge in [-0.2, -0.15) is 12.7 Å². The van der Waals surface area contributed by atoms with Crippen LogP contribution in [0.25, 0.3) is 10.8 Å². The van der Waals surface area contributed by atoms with Crippen LogP contribution in [-0.2, 0) is 30.3 Å². The molecule has 13 heteroatoms. The van der Waals surface area contributed by atoms with Crippen LogP contribution in [0.4, 0.5) is 9.57 Å². The Morgan fingerprint density at radius 1 is 0.800 bits per heavy atom. The van der Waals surface area contributed by atoms with E-state index in [0.717, 1.165) is 18.2 Å². The number of halogens is 1. The molecule has 35 heavy (non-hydrogen) atoms. The normalized spacial score (nSPS) is 13.1. The van der Waals surface area contributed by atoms with Gasteiger partial charge in [0.1, 0.15) is 10.6 Å². The molecule has 0 atom stereocenters. The second-order valence-electron chi connectivity index (χ2n) is 8.35. The van der Waals surface area contributed by atoms with E-state index in [1.54, 1.807) is 27.7 Å². The molecular formula is C22H25FN2O7S3. The van der Waals surface area contributed by atoms with Gasteiger partial charge in [0.15, 0.2) is 0 Å². The van der Waals surface area contributed by atoms with Crippen LogP contribution in [0.3, 0.4) is 0 Å². The predicted octanol–water partition coefficient (Wildman–Crippen LogP) is 3.81. The summed E-state index contributed by atoms with van der Waals surface area (Å²) in [6.07, 6.45) is 0. The SMILES string of the molecule is CC(C)N(C(C)C)S(=O)(=O)c1ccc2c(NS(=O)(=O)c3cccc(S(=O)(=O)F)c3)cccc2c1O. The fourth-order valence-corrected chi connectivity index (χ4v) is 7.52. The van der Waals surface area contributed by atoms with E-state index in [0.29, 0.717) is 6.07 Å². The summed E-state index contributed by atoms with van der Waals surface area (Å²) >= 11 is 0. The number of hydrogen-bond acceptors (Lipinski definition) is 7. The van der Waals surface area contributed by atoms with Crippen LogP contribution < -0.4 is 4.72 Å². The molecule has 0 aromatic heterocycles. The van der Waals surface area contributed by atoms with E-state index in [-0.39, 0.29) is 33.4 Å². The molecule has 0 saturated heterocycles. The standard InChI is InChI=1S/C22H25FN2O7S3/c1-14(2)25(15(3)4)35(31,32)21-12-11-18-19(22(21)26)9-6-10-20(18)24-34(29,30)17-8-5-7-16(13-17)33(23,27)28/h5-15,24,26H,1-4H3. The molecule has 3 aromatic rings. The zero-order chi connectivity index (χ0) is 26.3. The Bertz CT molecular complexity index is 1590. The Kier molecular flexibility index (Phi) is 7.19. The minimum Gasteiger partial charge on any atom is -0.506 e. The minimum absolute atomic E-state index is 0.000156. The second kappa shape index (κ2) is 9.37. The van der Waals surface area contributed by atoms with Crippen molar-refractivity contribution >= 4 is 46.7 Å². The summed E-state index contributed by atoms with van der Waals surface area (Å²) in [4.78, 5) is -1.64. The maximum atomic E-state index is 13.3. The summed E-state index contributed by atoms with van der Waals surface area (Å²) in [6.45, 7) is 6.86. The van der Waals surface area contributed by atoms with E-state index in [1.165, 1.54) is 34.6 Å². The highest BCUT2D eigenvalue weighted by Crippen LogP contribution is 2.38. The lowest BCUT2D eigenvalue weighted by Crippen LogP contribution is -2.41. The molecule has 0 radical (unpaired) electrons. The molecule has 0 bridgehead atoms. The number of benzene rings is 3. The Morgan fingerprint density at radius 2 is 1.37 bits per heavy atom. The van der Waals surface area contributed by atoms with E-state index in [4.69, 9.17) is 0 Å². The molecule has 9 nitrogen and oxygen atoms in total. The molecule has 0 amide bonds. The number of phenols is 1. The molecule has 0 aliphatic rings. The van der Waals surface area contributed by atoms with E-state index in [1.807, 2.05) is 0 Å². The van der Waals surface area contributed by atoms with Gasteiger partial charge in [0.25, 0.3) is 10.0 Å². The number of nitrogens with one attached hydrogen (secondary N) is 1. The van der Waals surface area contributed by atoms with E-state index in [2.05, 4.69) is 4.72 Å². The van der Waals surface area contributed by atoms with Crippen LogP contribution in [0, 0.1) is 0 Å². The summed E-state index contributed by atoms with van der Waals surface area (Å²) in [6, 6.07) is 9.82. The maximum absolute atomic E-state index is 13.3. The molecule has 190 valence electrons. The van der Waals surface area contributed by atoms with Crippen molar-refractivity contribution in [2.75, 3.05) is 4.72 Å². The van der Waals surface area contributed by atoms with Gasteiger partial charge in [-0.05, 0) is 58.0 Å². The first-order valence-corrected chi connectivity index (χ1v) is 14.7. The number of phenolic OH excluding ortho intramolecular Hbond substituents is 1. The molecule has 3 rings (SSSR count). The van der Waals surface area contributed by atoms with Crippen molar-refractivity contribution in [1.82, 2.24) is 4.31 Å². The van der Waals surface area contributed by atoms with Gasteiger partial charge < -0.3 is 5.11 Å². The average molecular weight is 545 g/mol. The van der Waals surface area contributed by atoms with Crippen molar-refractivity contribution in [2.45, 2.75) is 54.5 Å². The Hall–Kier alpha value is -2.74. The van der Waals surface area contributed by atoms with Crippen LogP contribution in [0.5, 0.6) is 5.75 Å². The van der Waals surface area contributed by atoms with Gasteiger partial charge in [-0.1, -0.05) is 24.3 Å². The largest absolute Gasteiger partial charge is 0.506 e. The molecule has 0 spiro atoms. The lowest BCUT2D eigenvalue weighted by Gasteiger charge is -2.30. The lowest BCUT2D eigenvalue weighted by molar-refractivity contribution is 0.301. The first kappa shape index (κ1) is 26.9. The van der Waals surface area contributed by atoms with Crippen LogP contribution in [0.1, 0.15) is 27.7 Å². The van der Waals surface area contributed by atoms with E-state index >= 15 is 0 Å². The predicted molar refractivity (Wildman–Crippen MR) is 130 cm³/mol. The zero-order valence-corrected chi connectivity index (χ0v) is 21.7. The van der Waals surface area contributed by atoms with Gasteiger partial charge in [0, 0.05) is 22.9 Å². The summed E-state index contributed by atoms with van der Waals surface area (Å²) < 4.78 is 91.5. The van der Waals surface area contributed by atoms with Gasteiger partial charge >= 0.3 is 10.2 Å². The van der Waals surface area contributed by atoms with Crippen molar-refractivity contribution in [3.05, 3.63) is 54.6 Å². The van der Waals surface area contributed by atoms with Gasteiger partial charge in [0.05, 0.1) is 15.5 Å². The highest BCUT2D eigenvalue weighted by atomic mass is 32.3. The maximum Gasteiger partial charge on any atom is 0.332 e. The van der Waals surface area contributed by atoms with Crippen molar-refractivity contribution in [1.29, 1.82) is 0 Å². The highest BCUT2D eigenvalue weighted by Gasteiger charge is 2.32. The fourth-order valence-electron chi connectivity index (χ4n) is 3.88. The molecule has 0 aliphatic carbocycles. The molecule has 0 unspecified atom stereocenters. The topological polar surface area (TPSA) is 138 Å². The van der Waals surface area contributed by atoms with Crippen LogP contribution >= 0.6 is 0 Å². The summed E-state index contributed by atoms with van der Waals surface area (Å²) in [7, 11) is -13.6. The molecule has 0 saturated carbocycles. The van der Waals surface area contributed by atoms with Crippen LogP contribution in [-0.4, -0.2) is 46.7 Å². The summed E-state index contributed by atoms with van der Waals surface area (Å²) in [5.74, 6) is -0.541. The smallest absolute Gasteiger partial charge is 0.332 e. The minimum atomic E-state index is -5.12. The third-order valence-corrected chi connectivity index (χ3v) is 9.67. The van der Waals surface area contributed by atoms with Crippen molar-refractivity contribution in [3.63, 3.8) is 0 Å². The third-order valence-electron chi connectivity index (χ3n) is 5.21. The van der Waals surface area contributed by atoms with Crippen LogP contribution in [0.15, 0.2) is 69.3 Å². The Balaban J connectivity index is 2.11. The number of nitrogens with zero attached hydrogens (tertiary/aromatic N) is 1. The Morgan fingerprint density at radius 3 is 1.94 bits per heavy atom. The van der Waals surface area contributed by atoms with Gasteiger partial charge in [-0.15, -0.1) is 3.89 Å². The zero-order valence-electron chi connectivity index (χ0n) is 19.3. The molecule has 0 aliphatic heterocycles. The second-order valence-corrected chi connectivity index (χ2v) is 13.2. The van der Waals surface area contributed by atoms with Crippen LogP contribution in [0.2, 0.25) is 0 Å². The first-order valence-electron chi connectivity index (χ1n) is 10.4. The third kappa shape index (κ3) is 5.27. The quantitative estimate of drug-likeness (QED) is 0.411. The number of aromatic hydroxyl groups is 1. The number of sulfonamides is 2. The number of fused-ring (bicyclic) bond motifs is 1. The van der Waals surface area contributed by atoms with E-state index < -0.39 is 45.8 Å². The first-order chi connectivity index (χ1) is 16.1. The van der Waals surface area contributed by atoms with Crippen molar-refractivity contribution in [3.8, 4) is 5.75 Å². The van der Waals surface area contributed by atoms with E-state index in [9.17, 15) is 34.2 Å². The van der Waals surface area contributed by atoms with Crippen molar-refractivity contribution < 1.29 is 34.2 Å². The Labute approximate surface area is 204 Å². The molecule has 2 N–H and O–H groups in total. The molecule has 3 aromatic carbocycles.